The van der Waals surface area contributed by atoms with Crippen LogP contribution in [0.4, 0.5) is 5.95 Å². The summed E-state index contributed by atoms with van der Waals surface area (Å²) in [5.74, 6) is 1.33. The van der Waals surface area contributed by atoms with E-state index in [0.29, 0.717) is 23.1 Å². The zero-order valence-corrected chi connectivity index (χ0v) is 17.0. The van der Waals surface area contributed by atoms with E-state index in [-0.39, 0.29) is 11.6 Å². The standard InChI is InChI=1S/C23H19ClN4O2/c1-13(18-12-15-11-16(24)5-6-19(15)27-22(18)29)26-23-25-9-7-20(28-23)17-4-2-3-14-8-10-30-21(14)17/h2-7,9,11-13H,8,10H2,1H3,(H,27,29)(H,25,26,28). The number of nitrogens with one attached hydrogen (secondary N) is 2. The Morgan fingerprint density at radius 2 is 2.10 bits per heavy atom. The van der Waals surface area contributed by atoms with Crippen LogP contribution in [0.15, 0.2) is 59.5 Å². The number of hydrogen-bond donors (Lipinski definition) is 2. The molecule has 6 nitrogen and oxygen atoms in total. The van der Waals surface area contributed by atoms with Crippen molar-refractivity contribution in [3.8, 4) is 17.0 Å². The molecule has 0 aliphatic carbocycles. The number of halogens is 1. The third-order valence-electron chi connectivity index (χ3n) is 5.29. The molecule has 150 valence electrons. The van der Waals surface area contributed by atoms with Gasteiger partial charge in [-0.1, -0.05) is 23.7 Å². The van der Waals surface area contributed by atoms with Gasteiger partial charge in [0.2, 0.25) is 5.95 Å². The summed E-state index contributed by atoms with van der Waals surface area (Å²) in [7, 11) is 0. The lowest BCUT2D eigenvalue weighted by atomic mass is 10.1. The maximum atomic E-state index is 12.6. The van der Waals surface area contributed by atoms with E-state index in [9.17, 15) is 4.79 Å². The molecule has 30 heavy (non-hydrogen) atoms. The molecule has 0 radical (unpaired) electrons. The average Bonchev–Trinajstić information content (AvgIpc) is 3.22. The van der Waals surface area contributed by atoms with Gasteiger partial charge in [-0.3, -0.25) is 4.79 Å². The lowest BCUT2D eigenvalue weighted by molar-refractivity contribution is 0.358. The van der Waals surface area contributed by atoms with E-state index in [1.807, 2.05) is 37.3 Å². The second-order valence-electron chi connectivity index (χ2n) is 7.31. The van der Waals surface area contributed by atoms with Crippen molar-refractivity contribution >= 4 is 28.5 Å². The van der Waals surface area contributed by atoms with Gasteiger partial charge in [0.25, 0.3) is 5.56 Å². The zero-order valence-electron chi connectivity index (χ0n) is 16.3. The Morgan fingerprint density at radius 1 is 1.20 bits per heavy atom. The molecule has 0 saturated carbocycles. The highest BCUT2D eigenvalue weighted by Gasteiger charge is 2.19. The second kappa shape index (κ2) is 7.46. The summed E-state index contributed by atoms with van der Waals surface area (Å²) in [6, 6.07) is 14.9. The lowest BCUT2D eigenvalue weighted by Crippen LogP contribution is -2.20. The van der Waals surface area contributed by atoms with Gasteiger partial charge in [0.1, 0.15) is 5.75 Å². The predicted octanol–water partition coefficient (Wildman–Crippen LogP) is 4.75. The largest absolute Gasteiger partial charge is 0.492 e. The number of aromatic nitrogens is 3. The fourth-order valence-electron chi connectivity index (χ4n) is 3.78. The number of ether oxygens (including phenoxy) is 1. The van der Waals surface area contributed by atoms with Crippen molar-refractivity contribution in [2.24, 2.45) is 0 Å². The molecule has 0 amide bonds. The fraction of sp³-hybridized carbons (Fsp3) is 0.174. The van der Waals surface area contributed by atoms with E-state index >= 15 is 0 Å². The molecule has 0 fully saturated rings. The first-order chi connectivity index (χ1) is 14.6. The Morgan fingerprint density at radius 3 is 3.00 bits per heavy atom. The molecule has 0 bridgehead atoms. The van der Waals surface area contributed by atoms with E-state index in [1.165, 1.54) is 5.56 Å². The molecule has 5 rings (SSSR count). The van der Waals surface area contributed by atoms with Crippen molar-refractivity contribution in [2.45, 2.75) is 19.4 Å². The molecule has 0 saturated heterocycles. The Hall–Kier alpha value is -3.38. The summed E-state index contributed by atoms with van der Waals surface area (Å²) >= 11 is 6.10. The molecule has 2 aromatic heterocycles. The highest BCUT2D eigenvalue weighted by atomic mass is 35.5. The van der Waals surface area contributed by atoms with E-state index < -0.39 is 0 Å². The van der Waals surface area contributed by atoms with Crippen molar-refractivity contribution in [1.29, 1.82) is 0 Å². The minimum Gasteiger partial charge on any atom is -0.492 e. The van der Waals surface area contributed by atoms with Gasteiger partial charge in [-0.15, -0.1) is 0 Å². The van der Waals surface area contributed by atoms with Crippen LogP contribution in [0.2, 0.25) is 5.02 Å². The molecule has 2 N–H and O–H groups in total. The summed E-state index contributed by atoms with van der Waals surface area (Å²) in [5.41, 5.74) is 4.09. The molecule has 1 aliphatic rings. The first kappa shape index (κ1) is 18.6. The lowest BCUT2D eigenvalue weighted by Gasteiger charge is -2.15. The van der Waals surface area contributed by atoms with Crippen LogP contribution in [0.5, 0.6) is 5.75 Å². The van der Waals surface area contributed by atoms with Gasteiger partial charge in [-0.2, -0.15) is 0 Å². The number of H-pyrrole nitrogens is 1. The number of anilines is 1. The third-order valence-corrected chi connectivity index (χ3v) is 5.53. The first-order valence-corrected chi connectivity index (χ1v) is 10.1. The number of pyridine rings is 1. The zero-order chi connectivity index (χ0) is 20.7. The van der Waals surface area contributed by atoms with E-state index in [4.69, 9.17) is 16.3 Å². The molecule has 1 unspecified atom stereocenters. The summed E-state index contributed by atoms with van der Waals surface area (Å²) in [6.07, 6.45) is 2.61. The maximum absolute atomic E-state index is 12.6. The average molecular weight is 419 g/mol. The quantitative estimate of drug-likeness (QED) is 0.500. The minimum absolute atomic E-state index is 0.157. The molecule has 4 aromatic rings. The summed E-state index contributed by atoms with van der Waals surface area (Å²) in [5, 5.41) is 4.73. The molecule has 1 atom stereocenters. The molecule has 0 spiro atoms. The Balaban J connectivity index is 1.46. The van der Waals surface area contributed by atoms with Crippen LogP contribution in [-0.4, -0.2) is 21.6 Å². The van der Waals surface area contributed by atoms with E-state index in [1.54, 1.807) is 18.3 Å². The molecule has 1 aliphatic heterocycles. The summed E-state index contributed by atoms with van der Waals surface area (Å²) < 4.78 is 5.80. The number of benzene rings is 2. The predicted molar refractivity (Wildman–Crippen MR) is 118 cm³/mol. The van der Waals surface area contributed by atoms with Crippen LogP contribution in [0.25, 0.3) is 22.2 Å². The number of rotatable bonds is 4. The minimum atomic E-state index is -0.301. The van der Waals surface area contributed by atoms with Gasteiger partial charge in [0.05, 0.1) is 18.3 Å². The van der Waals surface area contributed by atoms with Crippen molar-refractivity contribution in [3.63, 3.8) is 0 Å². The fourth-order valence-corrected chi connectivity index (χ4v) is 3.96. The van der Waals surface area contributed by atoms with Crippen LogP contribution in [-0.2, 0) is 6.42 Å². The molecule has 7 heteroatoms. The number of aromatic amines is 1. The highest BCUT2D eigenvalue weighted by Crippen LogP contribution is 2.36. The third kappa shape index (κ3) is 3.39. The van der Waals surface area contributed by atoms with Gasteiger partial charge in [-0.25, -0.2) is 9.97 Å². The van der Waals surface area contributed by atoms with Gasteiger partial charge in [-0.05, 0) is 48.9 Å². The van der Waals surface area contributed by atoms with Gasteiger partial charge < -0.3 is 15.0 Å². The normalized spacial score (nSPS) is 13.7. The molecule has 3 heterocycles. The van der Waals surface area contributed by atoms with Gasteiger partial charge in [0.15, 0.2) is 0 Å². The molecular weight excluding hydrogens is 400 g/mol. The van der Waals surface area contributed by atoms with Crippen LogP contribution < -0.4 is 15.6 Å². The van der Waals surface area contributed by atoms with Crippen LogP contribution >= 0.6 is 11.6 Å². The Bertz CT molecular complexity index is 1320. The van der Waals surface area contributed by atoms with Crippen LogP contribution in [0.3, 0.4) is 0 Å². The van der Waals surface area contributed by atoms with Crippen molar-refractivity contribution < 1.29 is 4.74 Å². The number of fused-ring (bicyclic) bond motifs is 2. The number of nitrogens with zero attached hydrogens (tertiary/aromatic N) is 2. The first-order valence-electron chi connectivity index (χ1n) is 9.75. The molecular formula is C23H19ClN4O2. The highest BCUT2D eigenvalue weighted by molar-refractivity contribution is 6.31. The Kier molecular flexibility index (Phi) is 4.64. The Labute approximate surface area is 177 Å². The monoisotopic (exact) mass is 418 g/mol. The van der Waals surface area contributed by atoms with Crippen LogP contribution in [0, 0.1) is 0 Å². The SMILES string of the molecule is CC(Nc1nccc(-c2cccc3c2OCC3)n1)c1cc2cc(Cl)ccc2[nH]c1=O. The molecule has 2 aromatic carbocycles. The maximum Gasteiger partial charge on any atom is 0.253 e. The summed E-state index contributed by atoms with van der Waals surface area (Å²) in [6.45, 7) is 2.59. The van der Waals surface area contributed by atoms with Gasteiger partial charge >= 0.3 is 0 Å². The summed E-state index contributed by atoms with van der Waals surface area (Å²) in [4.78, 5) is 24.5. The van der Waals surface area contributed by atoms with Crippen LogP contribution in [0.1, 0.15) is 24.1 Å². The topological polar surface area (TPSA) is 79.9 Å². The second-order valence-corrected chi connectivity index (χ2v) is 7.75. The van der Waals surface area contributed by atoms with E-state index in [0.717, 1.165) is 34.3 Å². The van der Waals surface area contributed by atoms with Crippen molar-refractivity contribution in [2.75, 3.05) is 11.9 Å². The van der Waals surface area contributed by atoms with Gasteiger partial charge in [0, 0.05) is 39.7 Å². The smallest absolute Gasteiger partial charge is 0.253 e. The number of hydrogen-bond acceptors (Lipinski definition) is 5. The van der Waals surface area contributed by atoms with Crippen molar-refractivity contribution in [1.82, 2.24) is 15.0 Å². The van der Waals surface area contributed by atoms with Crippen molar-refractivity contribution in [3.05, 3.63) is 81.2 Å². The number of para-hydroxylation sites is 1. The van der Waals surface area contributed by atoms with E-state index in [2.05, 4.69) is 26.3 Å².